The van der Waals surface area contributed by atoms with Crippen LogP contribution in [0, 0.1) is 0 Å². The number of imidazole rings is 1. The second-order valence-corrected chi connectivity index (χ2v) is 14.1. The van der Waals surface area contributed by atoms with Gasteiger partial charge in [0, 0.05) is 58.9 Å². The van der Waals surface area contributed by atoms with Crippen LogP contribution in [0.3, 0.4) is 0 Å². The van der Waals surface area contributed by atoms with Crippen LogP contribution in [0.25, 0.3) is 104 Å². The van der Waals surface area contributed by atoms with Gasteiger partial charge in [0.1, 0.15) is 17.0 Å². The van der Waals surface area contributed by atoms with E-state index in [4.69, 9.17) is 24.4 Å². The molecule has 0 N–H and O–H groups in total. The Bertz CT molecular complexity index is 3180. The average Bonchev–Trinajstić information content (AvgIpc) is 3.92. The largest absolute Gasteiger partial charge is 0.456 e. The lowest BCUT2D eigenvalue weighted by Gasteiger charge is -2.12. The topological polar surface area (TPSA) is 69.6 Å². The van der Waals surface area contributed by atoms with E-state index in [1.807, 2.05) is 72.8 Å². The maximum atomic E-state index is 6.15. The number of fused-ring (bicyclic) bond motifs is 7. The van der Waals surface area contributed by atoms with Gasteiger partial charge in [-0.1, -0.05) is 103 Å². The molecule has 0 unspecified atom stereocenters. The summed E-state index contributed by atoms with van der Waals surface area (Å²) in [6, 6.07) is 56.1. The molecular formula is C46H27N5OS. The summed E-state index contributed by atoms with van der Waals surface area (Å²) in [4.78, 5) is 20.8. The summed E-state index contributed by atoms with van der Waals surface area (Å²) in [5, 5.41) is 4.32. The smallest absolute Gasteiger partial charge is 0.164 e. The Balaban J connectivity index is 1.18. The zero-order chi connectivity index (χ0) is 34.9. The lowest BCUT2D eigenvalue weighted by molar-refractivity contribution is 0.669. The molecule has 0 spiro atoms. The van der Waals surface area contributed by atoms with Crippen LogP contribution in [0.4, 0.5) is 0 Å². The first-order valence-corrected chi connectivity index (χ1v) is 18.3. The van der Waals surface area contributed by atoms with Gasteiger partial charge in [-0.05, 0) is 60.7 Å². The Morgan fingerprint density at radius 2 is 1.09 bits per heavy atom. The molecule has 11 rings (SSSR count). The quantitative estimate of drug-likeness (QED) is 0.179. The standard InChI is InChI=1S/C46H27N5OS/c1-3-13-28(14-4-1)43-48-44(29-25-26-38-34(27-29)31-17-7-10-22-37(31)52-38)50-45(49-43)32-18-11-23-39-41(32)42-33(19-12-24-40(42)53-39)46-47-35-20-8-9-21-36(35)51(46)30-15-5-2-6-16-30/h1-27H. The Labute approximate surface area is 307 Å². The number of thiophene rings is 1. The van der Waals surface area contributed by atoms with E-state index in [1.165, 1.54) is 4.70 Å². The van der Waals surface area contributed by atoms with Crippen molar-refractivity contribution in [2.24, 2.45) is 0 Å². The minimum Gasteiger partial charge on any atom is -0.456 e. The SMILES string of the molecule is c1ccc(-c2nc(-c3ccc4oc5ccccc5c4c3)nc(-c3cccc4sc5cccc(-c6nc7ccccc7n6-c6ccccc6)c5c34)n2)cc1. The molecule has 0 saturated carbocycles. The summed E-state index contributed by atoms with van der Waals surface area (Å²) in [5.41, 5.74) is 8.56. The predicted molar refractivity (Wildman–Crippen MR) is 216 cm³/mol. The van der Waals surface area contributed by atoms with Crippen molar-refractivity contribution >= 4 is 64.5 Å². The van der Waals surface area contributed by atoms with Gasteiger partial charge in [0.25, 0.3) is 0 Å². The number of aromatic nitrogens is 5. The van der Waals surface area contributed by atoms with Gasteiger partial charge in [-0.15, -0.1) is 11.3 Å². The number of para-hydroxylation sites is 4. The van der Waals surface area contributed by atoms with E-state index in [1.54, 1.807) is 11.3 Å². The second kappa shape index (κ2) is 11.8. The molecule has 53 heavy (non-hydrogen) atoms. The third kappa shape index (κ3) is 4.79. The Morgan fingerprint density at radius 1 is 0.453 bits per heavy atom. The van der Waals surface area contributed by atoms with Crippen LogP contribution in [0.2, 0.25) is 0 Å². The highest BCUT2D eigenvalue weighted by Crippen LogP contribution is 2.45. The Morgan fingerprint density at radius 3 is 1.92 bits per heavy atom. The molecule has 248 valence electrons. The van der Waals surface area contributed by atoms with E-state index in [9.17, 15) is 0 Å². The average molecular weight is 698 g/mol. The van der Waals surface area contributed by atoms with Crippen LogP contribution in [0.15, 0.2) is 168 Å². The van der Waals surface area contributed by atoms with Crippen molar-refractivity contribution in [3.05, 3.63) is 164 Å². The predicted octanol–water partition coefficient (Wildman–Crippen LogP) is 12.1. The van der Waals surface area contributed by atoms with Gasteiger partial charge in [-0.2, -0.15) is 0 Å². The van der Waals surface area contributed by atoms with E-state index >= 15 is 0 Å². The van der Waals surface area contributed by atoms with Gasteiger partial charge in [0.2, 0.25) is 0 Å². The number of rotatable bonds is 5. The highest BCUT2D eigenvalue weighted by atomic mass is 32.1. The van der Waals surface area contributed by atoms with Crippen LogP contribution in [0.5, 0.6) is 0 Å². The van der Waals surface area contributed by atoms with Crippen LogP contribution in [-0.4, -0.2) is 24.5 Å². The van der Waals surface area contributed by atoms with E-state index in [0.717, 1.165) is 82.2 Å². The molecule has 4 aromatic heterocycles. The third-order valence-corrected chi connectivity index (χ3v) is 11.0. The molecule has 0 saturated heterocycles. The number of hydrogen-bond acceptors (Lipinski definition) is 6. The van der Waals surface area contributed by atoms with Crippen LogP contribution >= 0.6 is 11.3 Å². The summed E-state index contributed by atoms with van der Waals surface area (Å²) in [5.74, 6) is 2.72. The number of hydrogen-bond donors (Lipinski definition) is 0. The fraction of sp³-hybridized carbons (Fsp3) is 0. The highest BCUT2D eigenvalue weighted by Gasteiger charge is 2.22. The molecule has 0 atom stereocenters. The van der Waals surface area contributed by atoms with E-state index in [2.05, 4.69) is 95.6 Å². The molecule has 0 aliphatic rings. The van der Waals surface area contributed by atoms with Crippen molar-refractivity contribution < 1.29 is 4.42 Å². The van der Waals surface area contributed by atoms with Crippen molar-refractivity contribution in [2.45, 2.75) is 0 Å². The number of nitrogens with zero attached hydrogens (tertiary/aromatic N) is 5. The maximum Gasteiger partial charge on any atom is 0.164 e. The first kappa shape index (κ1) is 29.7. The molecule has 0 aliphatic carbocycles. The fourth-order valence-corrected chi connectivity index (χ4v) is 8.65. The summed E-state index contributed by atoms with van der Waals surface area (Å²) >= 11 is 1.77. The van der Waals surface area contributed by atoms with Gasteiger partial charge >= 0.3 is 0 Å². The first-order valence-electron chi connectivity index (χ1n) is 17.5. The van der Waals surface area contributed by atoms with Crippen molar-refractivity contribution in [3.8, 4) is 51.2 Å². The molecule has 7 heteroatoms. The van der Waals surface area contributed by atoms with Crippen molar-refractivity contribution in [3.63, 3.8) is 0 Å². The zero-order valence-electron chi connectivity index (χ0n) is 28.1. The van der Waals surface area contributed by atoms with Gasteiger partial charge in [-0.25, -0.2) is 19.9 Å². The summed E-state index contributed by atoms with van der Waals surface area (Å²) in [6.45, 7) is 0. The van der Waals surface area contributed by atoms with Crippen LogP contribution in [0.1, 0.15) is 0 Å². The molecule has 4 heterocycles. The van der Waals surface area contributed by atoms with Crippen molar-refractivity contribution in [2.75, 3.05) is 0 Å². The monoisotopic (exact) mass is 697 g/mol. The Kier molecular flexibility index (Phi) is 6.62. The first-order chi connectivity index (χ1) is 26.3. The number of benzene rings is 7. The number of furan rings is 1. The summed E-state index contributed by atoms with van der Waals surface area (Å²) in [6.07, 6.45) is 0. The molecule has 11 aromatic rings. The van der Waals surface area contributed by atoms with Gasteiger partial charge < -0.3 is 4.42 Å². The maximum absolute atomic E-state index is 6.15. The van der Waals surface area contributed by atoms with Gasteiger partial charge in [0.05, 0.1) is 11.0 Å². The highest BCUT2D eigenvalue weighted by molar-refractivity contribution is 7.26. The normalized spacial score (nSPS) is 11.8. The molecule has 7 aromatic carbocycles. The third-order valence-electron chi connectivity index (χ3n) is 9.88. The van der Waals surface area contributed by atoms with E-state index < -0.39 is 0 Å². The summed E-state index contributed by atoms with van der Waals surface area (Å²) in [7, 11) is 0. The van der Waals surface area contributed by atoms with Crippen LogP contribution < -0.4 is 0 Å². The van der Waals surface area contributed by atoms with Crippen molar-refractivity contribution in [1.29, 1.82) is 0 Å². The minimum atomic E-state index is 0.601. The summed E-state index contributed by atoms with van der Waals surface area (Å²) < 4.78 is 10.7. The molecule has 0 fully saturated rings. The Hall–Kier alpha value is -6.96. The molecule has 0 amide bonds. The molecule has 0 bridgehead atoms. The lowest BCUT2D eigenvalue weighted by atomic mass is 10.0. The minimum absolute atomic E-state index is 0.601. The second-order valence-electron chi connectivity index (χ2n) is 13.0. The van der Waals surface area contributed by atoms with E-state index in [-0.39, 0.29) is 0 Å². The molecule has 0 aliphatic heterocycles. The lowest BCUT2D eigenvalue weighted by Crippen LogP contribution is -2.00. The molecule has 0 radical (unpaired) electrons. The zero-order valence-corrected chi connectivity index (χ0v) is 29.0. The van der Waals surface area contributed by atoms with Gasteiger partial charge in [-0.3, -0.25) is 4.57 Å². The molecule has 6 nitrogen and oxygen atoms in total. The van der Waals surface area contributed by atoms with Gasteiger partial charge in [0.15, 0.2) is 17.5 Å². The fourth-order valence-electron chi connectivity index (χ4n) is 7.49. The van der Waals surface area contributed by atoms with Crippen LogP contribution in [-0.2, 0) is 0 Å². The van der Waals surface area contributed by atoms with Crippen molar-refractivity contribution in [1.82, 2.24) is 24.5 Å². The molecular weight excluding hydrogens is 671 g/mol. The van der Waals surface area contributed by atoms with E-state index in [0.29, 0.717) is 17.5 Å².